The van der Waals surface area contributed by atoms with Gasteiger partial charge in [-0.25, -0.2) is 15.0 Å². The van der Waals surface area contributed by atoms with Crippen LogP contribution >= 0.6 is 0 Å². The van der Waals surface area contributed by atoms with Gasteiger partial charge < -0.3 is 9.55 Å². The number of benzene rings is 2. The van der Waals surface area contributed by atoms with Crippen molar-refractivity contribution >= 4 is 21.8 Å². The summed E-state index contributed by atoms with van der Waals surface area (Å²) in [5, 5.41) is 9.90. The number of hydrogen-bond acceptors (Lipinski definition) is 4. The first-order chi connectivity index (χ1) is 14.8. The van der Waals surface area contributed by atoms with Gasteiger partial charge in [-0.3, -0.25) is 5.10 Å². The van der Waals surface area contributed by atoms with Crippen LogP contribution in [0.25, 0.3) is 50.0 Å². The quantitative estimate of drug-likeness (QED) is 0.459. The van der Waals surface area contributed by atoms with Crippen LogP contribution in [0, 0.1) is 6.92 Å². The van der Waals surface area contributed by atoms with E-state index in [9.17, 15) is 0 Å². The van der Waals surface area contributed by atoms with Gasteiger partial charge in [0.05, 0.1) is 28.9 Å². The van der Waals surface area contributed by atoms with E-state index in [0.717, 1.165) is 55.7 Å². The molecule has 0 aliphatic heterocycles. The number of rotatable bonds is 3. The van der Waals surface area contributed by atoms with E-state index in [1.165, 1.54) is 6.33 Å². The zero-order chi connectivity index (χ0) is 20.1. The summed E-state index contributed by atoms with van der Waals surface area (Å²) in [6.45, 7) is 1.99. The monoisotopic (exact) mass is 391 g/mol. The van der Waals surface area contributed by atoms with Crippen molar-refractivity contribution < 1.29 is 0 Å². The number of nitrogens with zero attached hydrogens (tertiary/aromatic N) is 5. The van der Waals surface area contributed by atoms with E-state index in [-0.39, 0.29) is 0 Å². The van der Waals surface area contributed by atoms with Crippen molar-refractivity contribution in [3.63, 3.8) is 0 Å². The first-order valence-corrected chi connectivity index (χ1v) is 9.63. The molecular formula is C23H17N7. The first kappa shape index (κ1) is 16.7. The lowest BCUT2D eigenvalue weighted by Gasteiger charge is -2.03. The smallest absolute Gasteiger partial charge is 0.116 e. The van der Waals surface area contributed by atoms with E-state index < -0.39 is 0 Å². The Hall–Kier alpha value is -4.26. The second-order valence-corrected chi connectivity index (χ2v) is 7.30. The van der Waals surface area contributed by atoms with E-state index in [4.69, 9.17) is 0 Å². The van der Waals surface area contributed by atoms with Crippen LogP contribution in [0.2, 0.25) is 0 Å². The van der Waals surface area contributed by atoms with Crippen LogP contribution in [-0.4, -0.2) is 34.7 Å². The Morgan fingerprint density at radius 2 is 1.80 bits per heavy atom. The lowest BCUT2D eigenvalue weighted by molar-refractivity contribution is 1.07. The number of aromatic nitrogens is 7. The molecule has 144 valence electrons. The molecule has 2 N–H and O–H groups in total. The molecule has 0 unspecified atom stereocenters. The average molecular weight is 391 g/mol. The zero-order valence-electron chi connectivity index (χ0n) is 16.2. The second-order valence-electron chi connectivity index (χ2n) is 7.30. The number of aromatic amines is 2. The lowest BCUT2D eigenvalue weighted by Crippen LogP contribution is -1.89. The van der Waals surface area contributed by atoms with Crippen LogP contribution < -0.4 is 0 Å². The molecule has 4 heterocycles. The van der Waals surface area contributed by atoms with Crippen molar-refractivity contribution in [3.05, 3.63) is 79.4 Å². The predicted molar refractivity (Wildman–Crippen MR) is 116 cm³/mol. The van der Waals surface area contributed by atoms with Gasteiger partial charge in [0.1, 0.15) is 12.0 Å². The minimum atomic E-state index is 0.882. The SMILES string of the molecule is Cc1cn(-c2cccc3[nH]c(-c4n[nH]c5ccc(-c6cncnc6)cc45)cc23)cn1. The van der Waals surface area contributed by atoms with Gasteiger partial charge in [-0.2, -0.15) is 5.10 Å². The van der Waals surface area contributed by atoms with Gasteiger partial charge in [0.2, 0.25) is 0 Å². The largest absolute Gasteiger partial charge is 0.353 e. The topological polar surface area (TPSA) is 88.1 Å². The van der Waals surface area contributed by atoms with Gasteiger partial charge >= 0.3 is 0 Å². The minimum absolute atomic E-state index is 0.882. The Bertz CT molecular complexity index is 1510. The molecule has 0 radical (unpaired) electrons. The minimum Gasteiger partial charge on any atom is -0.353 e. The number of H-pyrrole nitrogens is 2. The molecule has 0 atom stereocenters. The maximum atomic E-state index is 4.60. The van der Waals surface area contributed by atoms with Crippen LogP contribution in [0.5, 0.6) is 0 Å². The van der Waals surface area contributed by atoms with E-state index in [2.05, 4.69) is 54.4 Å². The Morgan fingerprint density at radius 3 is 2.63 bits per heavy atom. The summed E-state index contributed by atoms with van der Waals surface area (Å²) in [6.07, 6.45) is 9.04. The highest BCUT2D eigenvalue weighted by atomic mass is 15.1. The molecule has 0 aliphatic rings. The third kappa shape index (κ3) is 2.60. The molecule has 7 nitrogen and oxygen atoms in total. The predicted octanol–water partition coefficient (Wildman–Crippen LogP) is 4.66. The Balaban J connectivity index is 1.52. The van der Waals surface area contributed by atoms with Crippen molar-refractivity contribution in [2.45, 2.75) is 6.92 Å². The van der Waals surface area contributed by atoms with Crippen LogP contribution in [-0.2, 0) is 0 Å². The first-order valence-electron chi connectivity index (χ1n) is 9.63. The Morgan fingerprint density at radius 1 is 0.900 bits per heavy atom. The van der Waals surface area contributed by atoms with Crippen LogP contribution in [0.15, 0.2) is 73.7 Å². The average Bonchev–Trinajstić information content (AvgIpc) is 3.51. The molecule has 0 spiro atoms. The van der Waals surface area contributed by atoms with E-state index in [1.54, 1.807) is 0 Å². The summed E-state index contributed by atoms with van der Waals surface area (Å²) in [7, 11) is 0. The lowest BCUT2D eigenvalue weighted by atomic mass is 10.0. The second kappa shape index (κ2) is 6.38. The molecule has 2 aromatic carbocycles. The van der Waals surface area contributed by atoms with E-state index in [0.29, 0.717) is 0 Å². The van der Waals surface area contributed by atoms with Crippen LogP contribution in [0.4, 0.5) is 0 Å². The number of fused-ring (bicyclic) bond motifs is 2. The highest BCUT2D eigenvalue weighted by Crippen LogP contribution is 2.33. The molecule has 4 aromatic heterocycles. The van der Waals surface area contributed by atoms with Crippen molar-refractivity contribution in [2.75, 3.05) is 0 Å². The number of aryl methyl sites for hydroxylation is 1. The standard InChI is InChI=1S/C23H17N7/c1-14-11-30(13-26-14)22-4-2-3-19-17(22)8-21(27-19)23-18-7-15(5-6-20(18)28-29-23)16-9-24-12-25-10-16/h2-13,27H,1H3,(H,28,29). The van der Waals surface area contributed by atoms with Gasteiger partial charge in [-0.1, -0.05) is 12.1 Å². The molecule has 0 saturated carbocycles. The van der Waals surface area contributed by atoms with E-state index in [1.807, 2.05) is 54.6 Å². The molecule has 0 amide bonds. The molecule has 6 aromatic rings. The zero-order valence-corrected chi connectivity index (χ0v) is 16.2. The molecule has 0 aliphatic carbocycles. The van der Waals surface area contributed by atoms with Crippen LogP contribution in [0.1, 0.15) is 5.69 Å². The van der Waals surface area contributed by atoms with Crippen molar-refractivity contribution in [2.24, 2.45) is 0 Å². The van der Waals surface area contributed by atoms with Gasteiger partial charge in [-0.15, -0.1) is 0 Å². The van der Waals surface area contributed by atoms with Crippen molar-refractivity contribution in [1.29, 1.82) is 0 Å². The summed E-state index contributed by atoms with van der Waals surface area (Å²) in [5.41, 5.74) is 7.97. The van der Waals surface area contributed by atoms with Gasteiger partial charge in [0.15, 0.2) is 0 Å². The summed E-state index contributed by atoms with van der Waals surface area (Å²) >= 11 is 0. The summed E-state index contributed by atoms with van der Waals surface area (Å²) in [6, 6.07) is 14.6. The molecule has 0 bridgehead atoms. The van der Waals surface area contributed by atoms with Gasteiger partial charge in [0, 0.05) is 40.4 Å². The number of hydrogen-bond donors (Lipinski definition) is 2. The maximum absolute atomic E-state index is 4.60. The number of nitrogens with one attached hydrogen (secondary N) is 2. The fraction of sp³-hybridized carbons (Fsp3) is 0.0435. The molecule has 7 heteroatoms. The number of imidazole rings is 1. The summed E-state index contributed by atoms with van der Waals surface area (Å²) < 4.78 is 2.05. The Kier molecular flexibility index (Phi) is 3.55. The fourth-order valence-electron chi connectivity index (χ4n) is 3.89. The van der Waals surface area contributed by atoms with Crippen molar-refractivity contribution in [3.8, 4) is 28.2 Å². The highest BCUT2D eigenvalue weighted by Gasteiger charge is 2.14. The fourth-order valence-corrected chi connectivity index (χ4v) is 3.89. The molecule has 0 saturated heterocycles. The summed E-state index contributed by atoms with van der Waals surface area (Å²) in [5.74, 6) is 0. The summed E-state index contributed by atoms with van der Waals surface area (Å²) in [4.78, 5) is 16.1. The van der Waals surface area contributed by atoms with Crippen molar-refractivity contribution in [1.82, 2.24) is 34.7 Å². The third-order valence-corrected chi connectivity index (χ3v) is 5.34. The third-order valence-electron chi connectivity index (χ3n) is 5.34. The van der Waals surface area contributed by atoms with E-state index >= 15 is 0 Å². The molecular weight excluding hydrogens is 374 g/mol. The highest BCUT2D eigenvalue weighted by molar-refractivity contribution is 5.99. The van der Waals surface area contributed by atoms with Gasteiger partial charge in [-0.05, 0) is 42.8 Å². The normalized spacial score (nSPS) is 11.5. The maximum Gasteiger partial charge on any atom is 0.116 e. The molecule has 6 rings (SSSR count). The molecule has 0 fully saturated rings. The van der Waals surface area contributed by atoms with Gasteiger partial charge in [0.25, 0.3) is 0 Å². The molecule has 30 heavy (non-hydrogen) atoms. The van der Waals surface area contributed by atoms with Crippen LogP contribution in [0.3, 0.4) is 0 Å². The Labute approximate surface area is 171 Å².